The Hall–Kier alpha value is -1.94. The van der Waals surface area contributed by atoms with Crippen molar-refractivity contribution in [3.63, 3.8) is 0 Å². The highest BCUT2D eigenvalue weighted by Crippen LogP contribution is 2.22. The van der Waals surface area contributed by atoms with E-state index in [-0.39, 0.29) is 30.1 Å². The topological polar surface area (TPSA) is 105 Å². The van der Waals surface area contributed by atoms with Crippen molar-refractivity contribution in [3.8, 4) is 10.8 Å². The summed E-state index contributed by atoms with van der Waals surface area (Å²) in [5.41, 5.74) is 0. The number of hydrogen-bond donors (Lipinski definition) is 1. The third-order valence-corrected chi connectivity index (χ3v) is 6.46. The third-order valence-electron chi connectivity index (χ3n) is 3.85. The minimum absolute atomic E-state index is 0.0268. The molecule has 10 heteroatoms. The molecule has 0 radical (unpaired) electrons. The van der Waals surface area contributed by atoms with Crippen LogP contribution in [0.1, 0.15) is 19.2 Å². The van der Waals surface area contributed by atoms with Crippen LogP contribution in [0.3, 0.4) is 0 Å². The predicted octanol–water partition coefficient (Wildman–Crippen LogP) is 1.52. The van der Waals surface area contributed by atoms with Crippen LogP contribution in [0.25, 0.3) is 10.8 Å². The third kappa shape index (κ3) is 3.75. The summed E-state index contributed by atoms with van der Waals surface area (Å²) < 4.78 is 28.3. The van der Waals surface area contributed by atoms with Gasteiger partial charge in [0.2, 0.25) is 0 Å². The van der Waals surface area contributed by atoms with E-state index in [1.54, 1.807) is 4.90 Å². The number of carbonyl (C=O) groups is 1. The summed E-state index contributed by atoms with van der Waals surface area (Å²) in [7, 11) is -3.03. The molecule has 24 heavy (non-hydrogen) atoms. The van der Waals surface area contributed by atoms with Crippen molar-refractivity contribution in [2.24, 2.45) is 0 Å². The van der Waals surface area contributed by atoms with Crippen LogP contribution < -0.4 is 5.32 Å². The Kier molecular flexibility index (Phi) is 4.86. The van der Waals surface area contributed by atoms with Gasteiger partial charge in [0.05, 0.1) is 22.9 Å². The van der Waals surface area contributed by atoms with Crippen LogP contribution in [0.2, 0.25) is 0 Å². The van der Waals surface area contributed by atoms with Crippen LogP contribution >= 0.6 is 11.3 Å². The van der Waals surface area contributed by atoms with Crippen molar-refractivity contribution in [1.82, 2.24) is 20.4 Å². The highest BCUT2D eigenvalue weighted by Gasteiger charge is 2.33. The lowest BCUT2D eigenvalue weighted by molar-refractivity contribution is 0.183. The van der Waals surface area contributed by atoms with Crippen molar-refractivity contribution in [1.29, 1.82) is 0 Å². The maximum absolute atomic E-state index is 12.3. The van der Waals surface area contributed by atoms with Crippen molar-refractivity contribution in [2.75, 3.05) is 18.1 Å². The molecule has 0 spiro atoms. The molecule has 1 atom stereocenters. The van der Waals surface area contributed by atoms with Crippen LogP contribution in [0.5, 0.6) is 0 Å². The Bertz CT molecular complexity index is 801. The van der Waals surface area contributed by atoms with E-state index in [2.05, 4.69) is 15.5 Å². The summed E-state index contributed by atoms with van der Waals surface area (Å²) in [6.07, 6.45) is 0.480. The smallest absolute Gasteiger partial charge is 0.318 e. The van der Waals surface area contributed by atoms with Gasteiger partial charge in [-0.25, -0.2) is 13.2 Å². The highest BCUT2D eigenvalue weighted by molar-refractivity contribution is 7.91. The van der Waals surface area contributed by atoms with E-state index in [9.17, 15) is 13.2 Å². The van der Waals surface area contributed by atoms with Gasteiger partial charge in [-0.1, -0.05) is 11.2 Å². The standard InChI is InChI=1S/C14H18N4O4S2/c1-2-18(10-5-7-24(20,21)9-10)14(19)15-8-12-16-13(22-17-12)11-4-3-6-23-11/h3-4,6,10H,2,5,7-9H2,1H3,(H,15,19). The van der Waals surface area contributed by atoms with Gasteiger partial charge < -0.3 is 14.7 Å². The largest absolute Gasteiger partial charge is 0.333 e. The molecular formula is C14H18N4O4S2. The van der Waals surface area contributed by atoms with E-state index in [0.29, 0.717) is 24.7 Å². The number of hydrogen-bond acceptors (Lipinski definition) is 7. The molecule has 2 aromatic heterocycles. The van der Waals surface area contributed by atoms with Gasteiger partial charge in [0.25, 0.3) is 5.89 Å². The fourth-order valence-electron chi connectivity index (χ4n) is 2.67. The average Bonchev–Trinajstić information content (AvgIpc) is 3.26. The van der Waals surface area contributed by atoms with Gasteiger partial charge in [0, 0.05) is 12.6 Å². The van der Waals surface area contributed by atoms with E-state index in [0.717, 1.165) is 4.88 Å². The molecule has 1 fully saturated rings. The van der Waals surface area contributed by atoms with E-state index in [1.165, 1.54) is 11.3 Å². The maximum atomic E-state index is 12.3. The van der Waals surface area contributed by atoms with E-state index in [4.69, 9.17) is 4.52 Å². The monoisotopic (exact) mass is 370 g/mol. The quantitative estimate of drug-likeness (QED) is 0.855. The Morgan fingerprint density at radius 2 is 2.38 bits per heavy atom. The van der Waals surface area contributed by atoms with Crippen LogP contribution in [0.4, 0.5) is 4.79 Å². The lowest BCUT2D eigenvalue weighted by atomic mass is 10.2. The van der Waals surface area contributed by atoms with E-state index in [1.807, 2.05) is 24.4 Å². The number of urea groups is 1. The van der Waals surface area contributed by atoms with Gasteiger partial charge in [-0.15, -0.1) is 11.3 Å². The van der Waals surface area contributed by atoms with Gasteiger partial charge in [-0.3, -0.25) is 0 Å². The number of aromatic nitrogens is 2. The molecule has 8 nitrogen and oxygen atoms in total. The first-order chi connectivity index (χ1) is 11.5. The zero-order valence-corrected chi connectivity index (χ0v) is 14.8. The summed E-state index contributed by atoms with van der Waals surface area (Å²) >= 11 is 1.49. The zero-order valence-electron chi connectivity index (χ0n) is 13.1. The second-order valence-electron chi connectivity index (χ2n) is 5.49. The summed E-state index contributed by atoms with van der Waals surface area (Å²) in [6.45, 7) is 2.40. The number of nitrogens with zero attached hydrogens (tertiary/aromatic N) is 3. The van der Waals surface area contributed by atoms with Gasteiger partial charge in [-0.05, 0) is 24.8 Å². The molecule has 3 rings (SSSR count). The summed E-state index contributed by atoms with van der Waals surface area (Å²) in [5.74, 6) is 0.959. The fourth-order valence-corrected chi connectivity index (χ4v) is 5.05. The minimum Gasteiger partial charge on any atom is -0.333 e. The molecule has 3 heterocycles. The number of carbonyl (C=O) groups excluding carboxylic acids is 1. The second-order valence-corrected chi connectivity index (χ2v) is 8.67. The molecule has 1 aliphatic rings. The molecule has 2 aromatic rings. The molecule has 0 bridgehead atoms. The van der Waals surface area contributed by atoms with Gasteiger partial charge in [-0.2, -0.15) is 4.98 Å². The first-order valence-electron chi connectivity index (χ1n) is 7.60. The van der Waals surface area contributed by atoms with E-state index < -0.39 is 9.84 Å². The molecule has 1 aliphatic heterocycles. The highest BCUT2D eigenvalue weighted by atomic mass is 32.2. The number of nitrogens with one attached hydrogen (secondary N) is 1. The lowest BCUT2D eigenvalue weighted by Crippen LogP contribution is -2.46. The molecule has 0 aliphatic carbocycles. The fraction of sp³-hybridized carbons (Fsp3) is 0.500. The summed E-state index contributed by atoms with van der Waals surface area (Å²) in [5, 5.41) is 8.48. The Balaban J connectivity index is 1.58. The predicted molar refractivity (Wildman–Crippen MR) is 89.3 cm³/mol. The molecule has 1 unspecified atom stereocenters. The van der Waals surface area contributed by atoms with Crippen molar-refractivity contribution >= 4 is 27.2 Å². The Labute approximate surface area is 143 Å². The van der Waals surface area contributed by atoms with Crippen LogP contribution in [0.15, 0.2) is 22.0 Å². The number of thiophene rings is 1. The molecule has 0 aromatic carbocycles. The Morgan fingerprint density at radius 3 is 3.00 bits per heavy atom. The summed E-state index contributed by atoms with van der Waals surface area (Å²) in [6, 6.07) is 3.18. The van der Waals surface area contributed by atoms with Crippen molar-refractivity contribution in [3.05, 3.63) is 23.3 Å². The number of rotatable bonds is 5. The first-order valence-corrected chi connectivity index (χ1v) is 10.3. The van der Waals surface area contributed by atoms with Gasteiger partial charge >= 0.3 is 6.03 Å². The molecule has 2 amide bonds. The van der Waals surface area contributed by atoms with Crippen LogP contribution in [-0.4, -0.2) is 53.6 Å². The van der Waals surface area contributed by atoms with Gasteiger partial charge in [0.15, 0.2) is 15.7 Å². The normalized spacial score (nSPS) is 19.3. The second kappa shape index (κ2) is 6.89. The minimum atomic E-state index is -3.03. The Morgan fingerprint density at radius 1 is 1.54 bits per heavy atom. The zero-order chi connectivity index (χ0) is 17.2. The van der Waals surface area contributed by atoms with Crippen LogP contribution in [-0.2, 0) is 16.4 Å². The van der Waals surface area contributed by atoms with Crippen LogP contribution in [0, 0.1) is 0 Å². The van der Waals surface area contributed by atoms with Crippen molar-refractivity contribution < 1.29 is 17.7 Å². The van der Waals surface area contributed by atoms with Crippen molar-refractivity contribution in [2.45, 2.75) is 25.9 Å². The molecule has 130 valence electrons. The lowest BCUT2D eigenvalue weighted by Gasteiger charge is -2.26. The maximum Gasteiger partial charge on any atom is 0.318 e. The molecular weight excluding hydrogens is 352 g/mol. The first kappa shape index (κ1) is 16.9. The summed E-state index contributed by atoms with van der Waals surface area (Å²) in [4.78, 5) is 19.0. The SMILES string of the molecule is CCN(C(=O)NCc1noc(-c2cccs2)n1)C1CCS(=O)(=O)C1. The number of amides is 2. The average molecular weight is 370 g/mol. The number of sulfone groups is 1. The molecule has 1 saturated heterocycles. The van der Waals surface area contributed by atoms with E-state index >= 15 is 0 Å². The molecule has 1 N–H and O–H groups in total. The van der Waals surface area contributed by atoms with Gasteiger partial charge in [0.1, 0.15) is 0 Å². The molecule has 0 saturated carbocycles.